The van der Waals surface area contributed by atoms with Crippen molar-refractivity contribution in [3.8, 4) is 0 Å². The van der Waals surface area contributed by atoms with E-state index in [1.807, 2.05) is 19.1 Å². The van der Waals surface area contributed by atoms with Crippen LogP contribution in [0.4, 0.5) is 9.93 Å². The van der Waals surface area contributed by atoms with E-state index in [0.29, 0.717) is 31.1 Å². The van der Waals surface area contributed by atoms with Crippen LogP contribution in [-0.2, 0) is 16.1 Å². The van der Waals surface area contributed by atoms with Crippen LogP contribution in [0, 0.1) is 6.92 Å². The molecule has 4 rings (SSSR count). The number of nitrogens with zero attached hydrogens (tertiary/aromatic N) is 4. The largest absolute Gasteiger partial charge is 0.325 e. The van der Waals surface area contributed by atoms with Crippen LogP contribution >= 0.6 is 11.3 Å². The molecule has 2 fully saturated rings. The lowest BCUT2D eigenvalue weighted by molar-refractivity contribution is -0.133. The molecule has 2 N–H and O–H groups in total. The molecule has 2 aromatic heterocycles. The fourth-order valence-electron chi connectivity index (χ4n) is 4.09. The van der Waals surface area contributed by atoms with Crippen molar-refractivity contribution in [3.63, 3.8) is 0 Å². The second kappa shape index (κ2) is 8.35. The first-order chi connectivity index (χ1) is 14.8. The zero-order valence-corrected chi connectivity index (χ0v) is 18.7. The van der Waals surface area contributed by atoms with Gasteiger partial charge in [0.25, 0.3) is 5.91 Å². The molecule has 2 aromatic rings. The molecule has 164 valence electrons. The Labute approximate surface area is 184 Å². The highest BCUT2D eigenvalue weighted by Crippen LogP contribution is 2.35. The molecular weight excluding hydrogens is 416 g/mol. The number of piperidine rings is 1. The molecule has 2 aliphatic heterocycles. The van der Waals surface area contributed by atoms with Gasteiger partial charge in [-0.25, -0.2) is 9.78 Å². The van der Waals surface area contributed by atoms with E-state index in [9.17, 15) is 14.4 Å². The number of carbonyl (C=O) groups is 3. The summed E-state index contributed by atoms with van der Waals surface area (Å²) < 4.78 is 0. The summed E-state index contributed by atoms with van der Waals surface area (Å²) in [7, 11) is 0. The van der Waals surface area contributed by atoms with Crippen LogP contribution in [0.25, 0.3) is 0 Å². The quantitative estimate of drug-likeness (QED) is 0.689. The van der Waals surface area contributed by atoms with Crippen LogP contribution in [0.2, 0.25) is 0 Å². The van der Waals surface area contributed by atoms with Gasteiger partial charge in [-0.1, -0.05) is 6.07 Å². The minimum absolute atomic E-state index is 0.110. The van der Waals surface area contributed by atoms with Crippen molar-refractivity contribution in [3.05, 3.63) is 40.7 Å². The van der Waals surface area contributed by atoms with Gasteiger partial charge in [-0.15, -0.1) is 11.3 Å². The van der Waals surface area contributed by atoms with Crippen molar-refractivity contribution < 1.29 is 14.4 Å². The van der Waals surface area contributed by atoms with Crippen LogP contribution in [0.15, 0.2) is 24.5 Å². The molecular formula is C21H26N6O3S. The lowest BCUT2D eigenvalue weighted by atomic mass is 9.87. The Bertz CT molecular complexity index is 997. The summed E-state index contributed by atoms with van der Waals surface area (Å²) in [5.74, 6) is -0.300. The van der Waals surface area contributed by atoms with Crippen LogP contribution in [0.1, 0.15) is 48.9 Å². The second-order valence-electron chi connectivity index (χ2n) is 8.17. The van der Waals surface area contributed by atoms with Gasteiger partial charge in [0.1, 0.15) is 5.54 Å². The van der Waals surface area contributed by atoms with Crippen molar-refractivity contribution in [1.29, 1.82) is 0 Å². The van der Waals surface area contributed by atoms with Gasteiger partial charge in [-0.05, 0) is 38.3 Å². The van der Waals surface area contributed by atoms with E-state index < -0.39 is 5.54 Å². The number of imide groups is 1. The number of nitrogens with one attached hydrogen (secondary N) is 2. The summed E-state index contributed by atoms with van der Waals surface area (Å²) in [5.41, 5.74) is 0.891. The number of carbonyl (C=O) groups excluding carboxylic acids is 3. The Kier molecular flexibility index (Phi) is 5.76. The third-order valence-corrected chi connectivity index (χ3v) is 7.06. The summed E-state index contributed by atoms with van der Waals surface area (Å²) in [4.78, 5) is 50.1. The van der Waals surface area contributed by atoms with E-state index in [4.69, 9.17) is 0 Å². The Balaban J connectivity index is 1.39. The van der Waals surface area contributed by atoms with Crippen LogP contribution < -0.4 is 10.6 Å². The topological polar surface area (TPSA) is 108 Å². The normalized spacial score (nSPS) is 19.5. The molecule has 1 atom stereocenters. The number of anilines is 1. The zero-order valence-electron chi connectivity index (χ0n) is 17.8. The number of aryl methyl sites for hydroxylation is 1. The van der Waals surface area contributed by atoms with Crippen LogP contribution in [0.5, 0.6) is 0 Å². The molecule has 0 radical (unpaired) electrons. The minimum Gasteiger partial charge on any atom is -0.323 e. The Morgan fingerprint density at radius 1 is 1.26 bits per heavy atom. The van der Waals surface area contributed by atoms with Crippen molar-refractivity contribution in [2.45, 2.75) is 51.7 Å². The molecule has 9 nitrogen and oxygen atoms in total. The smallest absolute Gasteiger partial charge is 0.323 e. The molecule has 4 amide bonds. The maximum atomic E-state index is 13.2. The highest BCUT2D eigenvalue weighted by atomic mass is 32.1. The first-order valence-electron chi connectivity index (χ1n) is 10.3. The van der Waals surface area contributed by atoms with Crippen molar-refractivity contribution >= 4 is 34.3 Å². The predicted octanol–water partition coefficient (Wildman–Crippen LogP) is 2.45. The third-order valence-electron chi connectivity index (χ3n) is 5.98. The standard InChI is InChI=1S/C21H26N6O3S/c1-13-4-5-16(10-22-13)12-27-18(29)21(25-20(27)30)6-8-26(9-7-21)14(2)17-11-23-19(31-17)24-15(3)28/h4-5,10-11,14H,6-9,12H2,1-3H3,(H,25,30)(H,23,24,28)/t14-/m0/s1. The molecule has 2 saturated heterocycles. The zero-order chi connectivity index (χ0) is 22.2. The van der Waals surface area contributed by atoms with E-state index in [1.54, 1.807) is 12.4 Å². The summed E-state index contributed by atoms with van der Waals surface area (Å²) in [6.45, 7) is 7.04. The lowest BCUT2D eigenvalue weighted by Gasteiger charge is -2.39. The van der Waals surface area contributed by atoms with Gasteiger partial charge in [0.05, 0.1) is 6.54 Å². The van der Waals surface area contributed by atoms with E-state index >= 15 is 0 Å². The van der Waals surface area contributed by atoms with Gasteiger partial charge in [-0.3, -0.25) is 24.4 Å². The van der Waals surface area contributed by atoms with Crippen molar-refractivity contribution in [1.82, 2.24) is 25.1 Å². The van der Waals surface area contributed by atoms with E-state index in [-0.39, 0.29) is 30.4 Å². The molecule has 1 spiro atoms. The number of urea groups is 1. The van der Waals surface area contributed by atoms with E-state index in [2.05, 4.69) is 32.4 Å². The second-order valence-corrected chi connectivity index (χ2v) is 9.23. The number of rotatable bonds is 5. The van der Waals surface area contributed by atoms with Gasteiger partial charge in [-0.2, -0.15) is 0 Å². The monoisotopic (exact) mass is 442 g/mol. The van der Waals surface area contributed by atoms with Gasteiger partial charge >= 0.3 is 6.03 Å². The average molecular weight is 443 g/mol. The van der Waals surface area contributed by atoms with Gasteiger partial charge in [0, 0.05) is 49.0 Å². The maximum absolute atomic E-state index is 13.2. The Morgan fingerprint density at radius 2 is 2.00 bits per heavy atom. The summed E-state index contributed by atoms with van der Waals surface area (Å²) in [6, 6.07) is 3.54. The lowest BCUT2D eigenvalue weighted by Crippen LogP contribution is -2.55. The summed E-state index contributed by atoms with van der Waals surface area (Å²) in [6.07, 6.45) is 4.60. The number of hydrogen-bond donors (Lipinski definition) is 2. The maximum Gasteiger partial charge on any atom is 0.325 e. The number of likely N-dealkylation sites (tertiary alicyclic amines) is 1. The van der Waals surface area contributed by atoms with Gasteiger partial charge in [0.15, 0.2) is 5.13 Å². The summed E-state index contributed by atoms with van der Waals surface area (Å²) >= 11 is 1.45. The number of hydrogen-bond acceptors (Lipinski definition) is 7. The molecule has 10 heteroatoms. The molecule has 4 heterocycles. The number of aromatic nitrogens is 2. The number of thiazole rings is 1. The van der Waals surface area contributed by atoms with Gasteiger partial charge < -0.3 is 10.6 Å². The third kappa shape index (κ3) is 4.31. The number of pyridine rings is 1. The molecule has 0 unspecified atom stereocenters. The molecule has 0 aromatic carbocycles. The average Bonchev–Trinajstić information content (AvgIpc) is 3.28. The van der Waals surface area contributed by atoms with Crippen molar-refractivity contribution in [2.75, 3.05) is 18.4 Å². The fraction of sp³-hybridized carbons (Fsp3) is 0.476. The minimum atomic E-state index is -0.833. The first kappa shape index (κ1) is 21.4. The van der Waals surface area contributed by atoms with Crippen LogP contribution in [0.3, 0.4) is 0 Å². The van der Waals surface area contributed by atoms with Gasteiger partial charge in [0.2, 0.25) is 5.91 Å². The molecule has 0 saturated carbocycles. The highest BCUT2D eigenvalue weighted by Gasteiger charge is 2.52. The predicted molar refractivity (Wildman–Crippen MR) is 116 cm³/mol. The van der Waals surface area contributed by atoms with E-state index in [1.165, 1.54) is 23.2 Å². The van der Waals surface area contributed by atoms with E-state index in [0.717, 1.165) is 16.1 Å². The van der Waals surface area contributed by atoms with Crippen molar-refractivity contribution in [2.24, 2.45) is 0 Å². The SMILES string of the molecule is CC(=O)Nc1ncc([C@H](C)N2CCC3(CC2)NC(=O)N(Cc2ccc(C)nc2)C3=O)s1. The summed E-state index contributed by atoms with van der Waals surface area (Å²) in [5, 5.41) is 6.25. The first-order valence-corrected chi connectivity index (χ1v) is 11.1. The van der Waals surface area contributed by atoms with Crippen LogP contribution in [-0.4, -0.2) is 56.2 Å². The molecule has 31 heavy (non-hydrogen) atoms. The molecule has 0 bridgehead atoms. The fourth-order valence-corrected chi connectivity index (χ4v) is 5.04. The Morgan fingerprint density at radius 3 is 2.65 bits per heavy atom. The molecule has 0 aliphatic carbocycles. The highest BCUT2D eigenvalue weighted by molar-refractivity contribution is 7.15. The molecule has 2 aliphatic rings. The Hall–Kier alpha value is -2.85. The number of amides is 4.